The third-order valence-corrected chi connectivity index (χ3v) is 4.03. The van der Waals surface area contributed by atoms with Crippen molar-refractivity contribution in [2.75, 3.05) is 20.7 Å². The third-order valence-electron chi connectivity index (χ3n) is 4.03. The summed E-state index contributed by atoms with van der Waals surface area (Å²) in [6.07, 6.45) is 0. The Morgan fingerprint density at radius 1 is 1.00 bits per heavy atom. The van der Waals surface area contributed by atoms with E-state index < -0.39 is 0 Å². The number of guanidine groups is 1. The second-order valence-electron chi connectivity index (χ2n) is 5.82. The van der Waals surface area contributed by atoms with Gasteiger partial charge in [-0.2, -0.15) is 0 Å². The molecule has 0 aliphatic rings. The minimum Gasteiger partial charge on any atom is -0.380 e. The average Bonchev–Trinajstić information content (AvgIpc) is 2.64. The zero-order chi connectivity index (χ0) is 17.2. The van der Waals surface area contributed by atoms with Crippen molar-refractivity contribution < 1.29 is 4.74 Å². The molecule has 0 aromatic heterocycles. The molecule has 0 aliphatic heterocycles. The Labute approximate surface area is 145 Å². The molecule has 0 aliphatic carbocycles. The first-order chi connectivity index (χ1) is 11.7. The highest BCUT2D eigenvalue weighted by Gasteiger charge is 2.07. The van der Waals surface area contributed by atoms with E-state index in [1.807, 2.05) is 18.2 Å². The van der Waals surface area contributed by atoms with Gasteiger partial charge in [0, 0.05) is 27.2 Å². The smallest absolute Gasteiger partial charge is 0.191 e. The SMILES string of the molecule is CN=C(NCc1ccccc1COC)NCC(C)c1ccccc1. The van der Waals surface area contributed by atoms with Gasteiger partial charge in [-0.25, -0.2) is 0 Å². The highest BCUT2D eigenvalue weighted by Crippen LogP contribution is 2.13. The first-order valence-electron chi connectivity index (χ1n) is 8.29. The Hall–Kier alpha value is -2.33. The minimum absolute atomic E-state index is 0.422. The topological polar surface area (TPSA) is 45.7 Å². The molecule has 4 nitrogen and oxygen atoms in total. The number of methoxy groups -OCH3 is 1. The molecule has 0 saturated heterocycles. The van der Waals surface area contributed by atoms with Crippen LogP contribution in [0.4, 0.5) is 0 Å². The number of rotatable bonds is 7. The van der Waals surface area contributed by atoms with Crippen LogP contribution in [0.1, 0.15) is 29.5 Å². The summed E-state index contributed by atoms with van der Waals surface area (Å²) in [6.45, 7) is 4.39. The number of ether oxygens (including phenoxy) is 1. The second kappa shape index (κ2) is 9.73. The molecule has 1 atom stereocenters. The predicted octanol–water partition coefficient (Wildman–Crippen LogP) is 3.30. The molecule has 1 unspecified atom stereocenters. The summed E-state index contributed by atoms with van der Waals surface area (Å²) in [5, 5.41) is 6.77. The maximum Gasteiger partial charge on any atom is 0.191 e. The maximum atomic E-state index is 5.26. The molecule has 0 saturated carbocycles. The van der Waals surface area contributed by atoms with Gasteiger partial charge in [0.2, 0.25) is 0 Å². The summed E-state index contributed by atoms with van der Waals surface area (Å²) in [4.78, 5) is 4.31. The minimum atomic E-state index is 0.422. The van der Waals surface area contributed by atoms with Crippen LogP contribution in [0.3, 0.4) is 0 Å². The van der Waals surface area contributed by atoms with Crippen molar-refractivity contribution in [1.29, 1.82) is 0 Å². The van der Waals surface area contributed by atoms with Gasteiger partial charge in [0.25, 0.3) is 0 Å². The van der Waals surface area contributed by atoms with Crippen molar-refractivity contribution in [3.05, 3.63) is 71.3 Å². The summed E-state index contributed by atoms with van der Waals surface area (Å²) in [6, 6.07) is 18.8. The molecule has 24 heavy (non-hydrogen) atoms. The van der Waals surface area contributed by atoms with Crippen LogP contribution >= 0.6 is 0 Å². The molecule has 0 bridgehead atoms. The zero-order valence-corrected chi connectivity index (χ0v) is 14.8. The number of hydrogen-bond donors (Lipinski definition) is 2. The lowest BCUT2D eigenvalue weighted by Gasteiger charge is -2.17. The molecule has 0 amide bonds. The van der Waals surface area contributed by atoms with Crippen molar-refractivity contribution in [2.45, 2.75) is 26.0 Å². The Kier molecular flexibility index (Phi) is 7.30. The maximum absolute atomic E-state index is 5.26. The fourth-order valence-electron chi connectivity index (χ4n) is 2.58. The normalized spacial score (nSPS) is 12.7. The fraction of sp³-hybridized carbons (Fsp3) is 0.350. The predicted molar refractivity (Wildman–Crippen MR) is 100 cm³/mol. The van der Waals surface area contributed by atoms with Crippen LogP contribution in [0.15, 0.2) is 59.6 Å². The van der Waals surface area contributed by atoms with E-state index in [1.54, 1.807) is 14.2 Å². The average molecular weight is 325 g/mol. The molecule has 128 valence electrons. The summed E-state index contributed by atoms with van der Waals surface area (Å²) < 4.78 is 5.26. The Bertz CT molecular complexity index is 640. The van der Waals surface area contributed by atoms with Gasteiger partial charge >= 0.3 is 0 Å². The summed E-state index contributed by atoms with van der Waals surface area (Å²) in [5.41, 5.74) is 3.74. The zero-order valence-electron chi connectivity index (χ0n) is 14.8. The molecule has 4 heteroatoms. The molecule has 0 spiro atoms. The number of hydrogen-bond acceptors (Lipinski definition) is 2. The lowest BCUT2D eigenvalue weighted by Crippen LogP contribution is -2.38. The van der Waals surface area contributed by atoms with Gasteiger partial charge in [-0.3, -0.25) is 4.99 Å². The van der Waals surface area contributed by atoms with Crippen molar-refractivity contribution in [3.8, 4) is 0 Å². The largest absolute Gasteiger partial charge is 0.380 e. The third kappa shape index (κ3) is 5.39. The molecule has 0 radical (unpaired) electrons. The van der Waals surface area contributed by atoms with Gasteiger partial charge in [0.1, 0.15) is 0 Å². The van der Waals surface area contributed by atoms with E-state index in [0.29, 0.717) is 12.5 Å². The molecule has 0 heterocycles. The van der Waals surface area contributed by atoms with Crippen LogP contribution < -0.4 is 10.6 Å². The van der Waals surface area contributed by atoms with Gasteiger partial charge in [0.15, 0.2) is 5.96 Å². The van der Waals surface area contributed by atoms with Crippen molar-refractivity contribution in [2.24, 2.45) is 4.99 Å². The standard InChI is InChI=1S/C20H27N3O/c1-16(17-9-5-4-6-10-17)13-22-20(21-2)23-14-18-11-7-8-12-19(18)15-24-3/h4-12,16H,13-15H2,1-3H3,(H2,21,22,23). The van der Waals surface area contributed by atoms with Crippen LogP contribution in [0.25, 0.3) is 0 Å². The van der Waals surface area contributed by atoms with Gasteiger partial charge in [-0.15, -0.1) is 0 Å². The molecule has 2 N–H and O–H groups in total. The highest BCUT2D eigenvalue weighted by molar-refractivity contribution is 5.79. The lowest BCUT2D eigenvalue weighted by molar-refractivity contribution is 0.184. The fourth-order valence-corrected chi connectivity index (χ4v) is 2.58. The van der Waals surface area contributed by atoms with E-state index in [4.69, 9.17) is 4.74 Å². The van der Waals surface area contributed by atoms with Crippen LogP contribution in [0.2, 0.25) is 0 Å². The van der Waals surface area contributed by atoms with Gasteiger partial charge in [-0.1, -0.05) is 61.5 Å². The van der Waals surface area contributed by atoms with Crippen LogP contribution in [0, 0.1) is 0 Å². The van der Waals surface area contributed by atoms with Crippen molar-refractivity contribution in [1.82, 2.24) is 10.6 Å². The molecular weight excluding hydrogens is 298 g/mol. The highest BCUT2D eigenvalue weighted by atomic mass is 16.5. The number of nitrogens with one attached hydrogen (secondary N) is 2. The van der Waals surface area contributed by atoms with E-state index in [-0.39, 0.29) is 0 Å². The van der Waals surface area contributed by atoms with E-state index in [2.05, 4.69) is 58.9 Å². The van der Waals surface area contributed by atoms with Crippen LogP contribution in [0.5, 0.6) is 0 Å². The monoisotopic (exact) mass is 325 g/mol. The quantitative estimate of drug-likeness (QED) is 0.606. The van der Waals surface area contributed by atoms with Crippen molar-refractivity contribution >= 4 is 5.96 Å². The number of nitrogens with zero attached hydrogens (tertiary/aromatic N) is 1. The second-order valence-corrected chi connectivity index (χ2v) is 5.82. The summed E-state index contributed by atoms with van der Waals surface area (Å²) in [7, 11) is 3.51. The van der Waals surface area contributed by atoms with E-state index in [1.165, 1.54) is 16.7 Å². The van der Waals surface area contributed by atoms with E-state index in [0.717, 1.165) is 19.0 Å². The van der Waals surface area contributed by atoms with Gasteiger partial charge < -0.3 is 15.4 Å². The Balaban J connectivity index is 1.87. The molecular formula is C20H27N3O. The summed E-state index contributed by atoms with van der Waals surface area (Å²) >= 11 is 0. The Morgan fingerprint density at radius 2 is 1.67 bits per heavy atom. The molecule has 2 rings (SSSR count). The first kappa shape index (κ1) is 18.0. The van der Waals surface area contributed by atoms with E-state index in [9.17, 15) is 0 Å². The molecule has 2 aromatic rings. The first-order valence-corrected chi connectivity index (χ1v) is 8.29. The molecule has 0 fully saturated rings. The van der Waals surface area contributed by atoms with Crippen molar-refractivity contribution in [3.63, 3.8) is 0 Å². The van der Waals surface area contributed by atoms with Crippen LogP contribution in [-0.2, 0) is 17.9 Å². The van der Waals surface area contributed by atoms with E-state index >= 15 is 0 Å². The lowest BCUT2D eigenvalue weighted by atomic mass is 10.0. The number of aliphatic imine (C=N–C) groups is 1. The summed E-state index contributed by atoms with van der Waals surface area (Å²) in [5.74, 6) is 1.23. The van der Waals surface area contributed by atoms with Gasteiger partial charge in [-0.05, 0) is 22.6 Å². The van der Waals surface area contributed by atoms with Gasteiger partial charge in [0.05, 0.1) is 6.61 Å². The number of benzene rings is 2. The molecule has 2 aromatic carbocycles. The Morgan fingerprint density at radius 3 is 2.33 bits per heavy atom. The van der Waals surface area contributed by atoms with Crippen LogP contribution in [-0.4, -0.2) is 26.7 Å².